The molecule has 2 N–H and O–H groups in total. The highest BCUT2D eigenvalue weighted by Gasteiger charge is 2.31. The van der Waals surface area contributed by atoms with E-state index in [4.69, 9.17) is 5.73 Å². The summed E-state index contributed by atoms with van der Waals surface area (Å²) in [6.45, 7) is 8.51. The van der Waals surface area contributed by atoms with E-state index in [2.05, 4.69) is 36.7 Å². The van der Waals surface area contributed by atoms with Gasteiger partial charge in [0.2, 0.25) is 0 Å². The third kappa shape index (κ3) is 3.17. The summed E-state index contributed by atoms with van der Waals surface area (Å²) in [6, 6.07) is 5.46. The molecule has 1 aliphatic heterocycles. The Morgan fingerprint density at radius 2 is 1.90 bits per heavy atom. The van der Waals surface area contributed by atoms with Crippen molar-refractivity contribution in [1.29, 1.82) is 0 Å². The molecule has 110 valence electrons. The number of carbonyl (C=O) groups excluding carboxylic acids is 1. The zero-order valence-corrected chi connectivity index (χ0v) is 14.0. The van der Waals surface area contributed by atoms with Crippen molar-refractivity contribution >= 4 is 27.5 Å². The molecule has 20 heavy (non-hydrogen) atoms. The minimum absolute atomic E-state index is 0.0801. The fourth-order valence-corrected chi connectivity index (χ4v) is 3.27. The number of benzene rings is 1. The number of hydrogen-bond donors (Lipinski definition) is 1. The van der Waals surface area contributed by atoms with Crippen LogP contribution in [0.25, 0.3) is 0 Å². The van der Waals surface area contributed by atoms with Crippen LogP contribution < -0.4 is 5.73 Å². The predicted molar refractivity (Wildman–Crippen MR) is 86.6 cm³/mol. The van der Waals surface area contributed by atoms with Crippen molar-refractivity contribution in [2.75, 3.05) is 18.8 Å². The van der Waals surface area contributed by atoms with Crippen LogP contribution in [0.15, 0.2) is 22.7 Å². The molecular weight excluding hydrogens is 316 g/mol. The molecule has 0 aromatic heterocycles. The van der Waals surface area contributed by atoms with Gasteiger partial charge in [0.15, 0.2) is 0 Å². The zero-order valence-electron chi connectivity index (χ0n) is 12.4. The van der Waals surface area contributed by atoms with Gasteiger partial charge in [-0.25, -0.2) is 0 Å². The molecule has 1 heterocycles. The second kappa shape index (κ2) is 5.76. The second-order valence-electron chi connectivity index (χ2n) is 6.64. The number of hydrogen-bond acceptors (Lipinski definition) is 2. The third-order valence-corrected chi connectivity index (χ3v) is 5.15. The molecule has 3 nitrogen and oxygen atoms in total. The van der Waals surface area contributed by atoms with Crippen molar-refractivity contribution < 1.29 is 4.79 Å². The van der Waals surface area contributed by atoms with Crippen LogP contribution in [-0.2, 0) is 0 Å². The van der Waals surface area contributed by atoms with E-state index >= 15 is 0 Å². The molecule has 1 amide bonds. The van der Waals surface area contributed by atoms with Gasteiger partial charge in [0.05, 0.1) is 10.0 Å². The van der Waals surface area contributed by atoms with Crippen LogP contribution in [0, 0.1) is 11.3 Å². The molecule has 0 radical (unpaired) electrons. The molecule has 1 aromatic carbocycles. The van der Waals surface area contributed by atoms with Gasteiger partial charge >= 0.3 is 0 Å². The van der Waals surface area contributed by atoms with Gasteiger partial charge in [-0.2, -0.15) is 0 Å². The Hall–Kier alpha value is -1.03. The summed E-state index contributed by atoms with van der Waals surface area (Å²) in [4.78, 5) is 14.5. The van der Waals surface area contributed by atoms with Gasteiger partial charge in [0, 0.05) is 18.8 Å². The van der Waals surface area contributed by atoms with Crippen molar-refractivity contribution in [3.8, 4) is 0 Å². The van der Waals surface area contributed by atoms with Crippen molar-refractivity contribution in [2.24, 2.45) is 11.3 Å². The normalized spacial score (nSPS) is 17.3. The summed E-state index contributed by atoms with van der Waals surface area (Å²) < 4.78 is 0.711. The molecule has 1 saturated heterocycles. The summed E-state index contributed by atoms with van der Waals surface area (Å²) >= 11 is 3.42. The summed E-state index contributed by atoms with van der Waals surface area (Å²) in [7, 11) is 0. The van der Waals surface area contributed by atoms with Gasteiger partial charge in [-0.3, -0.25) is 4.79 Å². The predicted octanol–water partition coefficient (Wildman–Crippen LogP) is 3.93. The van der Waals surface area contributed by atoms with Crippen molar-refractivity contribution in [3.63, 3.8) is 0 Å². The highest BCUT2D eigenvalue weighted by Crippen LogP contribution is 2.35. The monoisotopic (exact) mass is 338 g/mol. The van der Waals surface area contributed by atoms with E-state index in [1.807, 2.05) is 17.0 Å². The van der Waals surface area contributed by atoms with E-state index in [1.54, 1.807) is 6.07 Å². The third-order valence-electron chi connectivity index (χ3n) is 4.27. The minimum Gasteiger partial charge on any atom is -0.398 e. The second-order valence-corrected chi connectivity index (χ2v) is 7.43. The van der Waals surface area contributed by atoms with Gasteiger partial charge in [-0.15, -0.1) is 0 Å². The molecule has 0 saturated carbocycles. The van der Waals surface area contributed by atoms with Gasteiger partial charge in [-0.1, -0.05) is 26.8 Å². The molecular formula is C16H23BrN2O. The lowest BCUT2D eigenvalue weighted by Gasteiger charge is -2.38. The first-order chi connectivity index (χ1) is 9.30. The average molecular weight is 339 g/mol. The number of nitrogens with two attached hydrogens (primary N) is 1. The fraction of sp³-hybridized carbons (Fsp3) is 0.562. The van der Waals surface area contributed by atoms with E-state index < -0.39 is 0 Å². The quantitative estimate of drug-likeness (QED) is 0.788. The summed E-state index contributed by atoms with van der Waals surface area (Å²) in [5.74, 6) is 0.771. The number of anilines is 1. The van der Waals surface area contributed by atoms with Crippen LogP contribution in [0.1, 0.15) is 44.0 Å². The first-order valence-electron chi connectivity index (χ1n) is 7.14. The Morgan fingerprint density at radius 3 is 2.45 bits per heavy atom. The zero-order chi connectivity index (χ0) is 14.9. The molecule has 1 fully saturated rings. The van der Waals surface area contributed by atoms with Crippen molar-refractivity contribution in [3.05, 3.63) is 28.2 Å². The maximum Gasteiger partial charge on any atom is 0.255 e. The van der Waals surface area contributed by atoms with E-state index in [9.17, 15) is 4.79 Å². The first kappa shape index (κ1) is 15.4. The Kier molecular flexibility index (Phi) is 4.43. The maximum absolute atomic E-state index is 12.6. The SMILES string of the molecule is CC(C)(C)C1CCN(C(=O)c2cccc(N)c2Br)CC1. The molecule has 0 aliphatic carbocycles. The lowest BCUT2D eigenvalue weighted by Crippen LogP contribution is -2.41. The molecule has 0 bridgehead atoms. The van der Waals surface area contributed by atoms with Gasteiger partial charge in [-0.05, 0) is 52.2 Å². The summed E-state index contributed by atoms with van der Waals surface area (Å²) in [6.07, 6.45) is 2.16. The molecule has 0 spiro atoms. The largest absolute Gasteiger partial charge is 0.398 e. The van der Waals surface area contributed by atoms with Crippen LogP contribution in [0.2, 0.25) is 0 Å². The van der Waals surface area contributed by atoms with E-state index in [1.165, 1.54) is 0 Å². The van der Waals surface area contributed by atoms with Crippen LogP contribution >= 0.6 is 15.9 Å². The van der Waals surface area contributed by atoms with E-state index in [-0.39, 0.29) is 5.91 Å². The fourth-order valence-electron chi connectivity index (χ4n) is 2.83. The lowest BCUT2D eigenvalue weighted by atomic mass is 9.75. The Balaban J connectivity index is 2.07. The number of carbonyl (C=O) groups is 1. The topological polar surface area (TPSA) is 46.3 Å². The van der Waals surface area contributed by atoms with Crippen LogP contribution in [-0.4, -0.2) is 23.9 Å². The Labute approximate surface area is 129 Å². The number of nitrogens with zero attached hydrogens (tertiary/aromatic N) is 1. The van der Waals surface area contributed by atoms with E-state index in [0.717, 1.165) is 25.9 Å². The highest BCUT2D eigenvalue weighted by molar-refractivity contribution is 9.10. The van der Waals surface area contributed by atoms with Crippen LogP contribution in [0.5, 0.6) is 0 Å². The van der Waals surface area contributed by atoms with E-state index in [0.29, 0.717) is 27.1 Å². The van der Waals surface area contributed by atoms with Crippen LogP contribution in [0.4, 0.5) is 5.69 Å². The number of likely N-dealkylation sites (tertiary alicyclic amines) is 1. The van der Waals surface area contributed by atoms with Gasteiger partial charge in [0.25, 0.3) is 5.91 Å². The maximum atomic E-state index is 12.6. The number of halogens is 1. The molecule has 1 aliphatic rings. The van der Waals surface area contributed by atoms with Gasteiger partial charge < -0.3 is 10.6 Å². The highest BCUT2D eigenvalue weighted by atomic mass is 79.9. The molecule has 4 heteroatoms. The van der Waals surface area contributed by atoms with Gasteiger partial charge in [0.1, 0.15) is 0 Å². The summed E-state index contributed by atoms with van der Waals surface area (Å²) in [5.41, 5.74) is 7.45. The standard InChI is InChI=1S/C16H23BrN2O/c1-16(2,3)11-7-9-19(10-8-11)15(20)12-5-4-6-13(18)14(12)17/h4-6,11H,7-10,18H2,1-3H3. The van der Waals surface area contributed by atoms with Crippen molar-refractivity contribution in [2.45, 2.75) is 33.6 Å². The number of rotatable bonds is 1. The average Bonchev–Trinajstić information content (AvgIpc) is 2.40. The Morgan fingerprint density at radius 1 is 1.30 bits per heavy atom. The lowest BCUT2D eigenvalue weighted by molar-refractivity contribution is 0.0608. The smallest absolute Gasteiger partial charge is 0.255 e. The number of nitrogen functional groups attached to an aromatic ring is 1. The first-order valence-corrected chi connectivity index (χ1v) is 7.93. The Bertz CT molecular complexity index is 500. The number of amides is 1. The molecule has 2 rings (SSSR count). The van der Waals surface area contributed by atoms with Crippen molar-refractivity contribution in [1.82, 2.24) is 4.90 Å². The molecule has 0 unspecified atom stereocenters. The molecule has 0 atom stereocenters. The molecule has 1 aromatic rings. The van der Waals surface area contributed by atoms with Crippen LogP contribution in [0.3, 0.4) is 0 Å². The summed E-state index contributed by atoms with van der Waals surface area (Å²) in [5, 5.41) is 0. The minimum atomic E-state index is 0.0801. The number of piperidine rings is 1.